The molecule has 1 atom stereocenters. The van der Waals surface area contributed by atoms with Gasteiger partial charge < -0.3 is 10.2 Å². The summed E-state index contributed by atoms with van der Waals surface area (Å²) in [7, 11) is -3.24. The predicted octanol–water partition coefficient (Wildman–Crippen LogP) is 1.22. The van der Waals surface area contributed by atoms with Crippen LogP contribution in [0.15, 0.2) is 36.4 Å². The largest absolute Gasteiger partial charge is 0.342 e. The first-order valence-corrected chi connectivity index (χ1v) is 11.4. The van der Waals surface area contributed by atoms with Crippen LogP contribution in [0.2, 0.25) is 0 Å². The minimum absolute atomic E-state index is 0.0789. The van der Waals surface area contributed by atoms with Gasteiger partial charge in [-0.1, -0.05) is 30.3 Å². The lowest BCUT2D eigenvalue weighted by atomic mass is 10.0. The summed E-state index contributed by atoms with van der Waals surface area (Å²) in [6.07, 6.45) is 1.68. The summed E-state index contributed by atoms with van der Waals surface area (Å²) < 4.78 is 24.9. The van der Waals surface area contributed by atoms with Gasteiger partial charge in [-0.3, -0.25) is 4.79 Å². The van der Waals surface area contributed by atoms with E-state index in [0.29, 0.717) is 38.5 Å². The van der Waals surface area contributed by atoms with Crippen molar-refractivity contribution in [3.63, 3.8) is 0 Å². The van der Waals surface area contributed by atoms with Crippen LogP contribution in [0.5, 0.6) is 0 Å². The number of benzene rings is 1. The maximum absolute atomic E-state index is 13.3. The van der Waals surface area contributed by atoms with Crippen molar-refractivity contribution in [2.24, 2.45) is 0 Å². The van der Waals surface area contributed by atoms with Crippen molar-refractivity contribution in [3.8, 4) is 0 Å². The lowest BCUT2D eigenvalue weighted by Crippen LogP contribution is -2.54. The van der Waals surface area contributed by atoms with E-state index in [0.717, 1.165) is 17.0 Å². The molecule has 1 aliphatic rings. The summed E-state index contributed by atoms with van der Waals surface area (Å²) in [5, 5.41) is 3.20. The minimum Gasteiger partial charge on any atom is -0.342 e. The van der Waals surface area contributed by atoms with Crippen LogP contribution in [0.3, 0.4) is 0 Å². The zero-order valence-corrected chi connectivity index (χ0v) is 17.8. The number of aromatic nitrogens is 2. The van der Waals surface area contributed by atoms with Crippen molar-refractivity contribution in [2.45, 2.75) is 26.3 Å². The van der Waals surface area contributed by atoms with E-state index in [1.54, 1.807) is 4.90 Å². The number of sulfonamides is 1. The van der Waals surface area contributed by atoms with Crippen molar-refractivity contribution in [3.05, 3.63) is 53.3 Å². The highest BCUT2D eigenvalue weighted by molar-refractivity contribution is 7.88. The molecule has 0 saturated carbocycles. The Hall–Kier alpha value is -2.52. The van der Waals surface area contributed by atoms with E-state index in [2.05, 4.69) is 15.3 Å². The van der Waals surface area contributed by atoms with Gasteiger partial charge in [-0.2, -0.15) is 4.31 Å². The number of hydrogen-bond acceptors (Lipinski definition) is 6. The van der Waals surface area contributed by atoms with Crippen LogP contribution in [-0.4, -0.2) is 72.0 Å². The van der Waals surface area contributed by atoms with Crippen molar-refractivity contribution in [1.29, 1.82) is 0 Å². The fraction of sp³-hybridized carbons (Fsp3) is 0.450. The molecule has 2 heterocycles. The van der Waals surface area contributed by atoms with Gasteiger partial charge in [0.25, 0.3) is 0 Å². The molecule has 0 unspecified atom stereocenters. The second kappa shape index (κ2) is 8.87. The molecule has 1 saturated heterocycles. The molecule has 3 rings (SSSR count). The van der Waals surface area contributed by atoms with Gasteiger partial charge in [0, 0.05) is 44.0 Å². The molecule has 1 aliphatic heterocycles. The fourth-order valence-electron chi connectivity index (χ4n) is 3.46. The molecular formula is C20H27N5O3S. The van der Waals surface area contributed by atoms with Gasteiger partial charge in [-0.15, -0.1) is 0 Å². The van der Waals surface area contributed by atoms with E-state index in [9.17, 15) is 13.2 Å². The second-order valence-corrected chi connectivity index (χ2v) is 9.33. The number of piperazine rings is 1. The fourth-order valence-corrected chi connectivity index (χ4v) is 4.28. The topological polar surface area (TPSA) is 95.5 Å². The molecule has 0 aliphatic carbocycles. The Morgan fingerprint density at radius 2 is 1.66 bits per heavy atom. The van der Waals surface area contributed by atoms with Crippen LogP contribution in [0, 0.1) is 13.8 Å². The molecule has 1 fully saturated rings. The Morgan fingerprint density at radius 1 is 1.07 bits per heavy atom. The Morgan fingerprint density at radius 3 is 2.21 bits per heavy atom. The monoisotopic (exact) mass is 417 g/mol. The van der Waals surface area contributed by atoms with Gasteiger partial charge in [-0.25, -0.2) is 18.4 Å². The van der Waals surface area contributed by atoms with Crippen LogP contribution in [0.25, 0.3) is 0 Å². The molecule has 0 spiro atoms. The number of carbonyl (C=O) groups excluding carboxylic acids is 1. The van der Waals surface area contributed by atoms with Crippen molar-refractivity contribution >= 4 is 21.9 Å². The normalized spacial score (nSPS) is 16.4. The summed E-state index contributed by atoms with van der Waals surface area (Å²) >= 11 is 0. The van der Waals surface area contributed by atoms with Crippen molar-refractivity contribution < 1.29 is 13.2 Å². The molecule has 1 N–H and O–H groups in total. The van der Waals surface area contributed by atoms with Gasteiger partial charge in [0.15, 0.2) is 0 Å². The third kappa shape index (κ3) is 5.74. The van der Waals surface area contributed by atoms with Crippen LogP contribution < -0.4 is 5.32 Å². The molecule has 0 radical (unpaired) electrons. The van der Waals surface area contributed by atoms with E-state index >= 15 is 0 Å². The quantitative estimate of drug-likeness (QED) is 0.759. The Kier molecular flexibility index (Phi) is 6.49. The lowest BCUT2D eigenvalue weighted by Gasteiger charge is -2.35. The molecule has 1 aromatic carbocycles. The van der Waals surface area contributed by atoms with Crippen LogP contribution in [0.4, 0.5) is 5.95 Å². The Balaban J connectivity index is 1.78. The van der Waals surface area contributed by atoms with E-state index in [1.165, 1.54) is 10.6 Å². The summed E-state index contributed by atoms with van der Waals surface area (Å²) in [5.74, 6) is 0.344. The number of nitrogens with zero attached hydrogens (tertiary/aromatic N) is 4. The first kappa shape index (κ1) is 21.2. The number of nitrogens with one attached hydrogen (secondary N) is 1. The number of anilines is 1. The molecule has 8 nitrogen and oxygen atoms in total. The second-order valence-electron chi connectivity index (χ2n) is 7.35. The smallest absolute Gasteiger partial charge is 0.245 e. The van der Waals surface area contributed by atoms with E-state index in [4.69, 9.17) is 0 Å². The molecule has 156 valence electrons. The summed E-state index contributed by atoms with van der Waals surface area (Å²) in [6.45, 7) is 5.13. The molecule has 1 amide bonds. The number of rotatable bonds is 6. The molecule has 9 heteroatoms. The van der Waals surface area contributed by atoms with Gasteiger partial charge in [0.1, 0.15) is 6.04 Å². The van der Waals surface area contributed by atoms with Gasteiger partial charge in [0.2, 0.25) is 21.9 Å². The van der Waals surface area contributed by atoms with E-state index in [-0.39, 0.29) is 5.91 Å². The van der Waals surface area contributed by atoms with Crippen molar-refractivity contribution in [2.75, 3.05) is 37.8 Å². The standard InChI is InChI=1S/C20H27N5O3S/c1-15-13-16(2)22-20(21-15)23-18(14-17-7-5-4-6-8-17)19(26)24-9-11-25(12-10-24)29(3,27)28/h4-8,13,18H,9-12,14H2,1-3H3,(H,21,22,23)/t18-/m1/s1. The third-order valence-corrected chi connectivity index (χ3v) is 6.19. The van der Waals surface area contributed by atoms with E-state index < -0.39 is 16.1 Å². The Bertz CT molecular complexity index is 937. The lowest BCUT2D eigenvalue weighted by molar-refractivity contribution is -0.133. The highest BCUT2D eigenvalue weighted by Gasteiger charge is 2.30. The maximum atomic E-state index is 13.3. The van der Waals surface area contributed by atoms with Gasteiger partial charge in [-0.05, 0) is 25.5 Å². The van der Waals surface area contributed by atoms with E-state index in [1.807, 2.05) is 50.2 Å². The summed E-state index contributed by atoms with van der Waals surface area (Å²) in [6, 6.07) is 11.1. The zero-order chi connectivity index (χ0) is 21.0. The van der Waals surface area contributed by atoms with Crippen LogP contribution in [0.1, 0.15) is 17.0 Å². The van der Waals surface area contributed by atoms with Crippen LogP contribution in [-0.2, 0) is 21.2 Å². The average Bonchev–Trinajstić information content (AvgIpc) is 2.66. The maximum Gasteiger partial charge on any atom is 0.245 e. The number of hydrogen-bond donors (Lipinski definition) is 1. The first-order valence-electron chi connectivity index (χ1n) is 9.59. The van der Waals surface area contributed by atoms with Crippen LogP contribution >= 0.6 is 0 Å². The first-order chi connectivity index (χ1) is 13.7. The highest BCUT2D eigenvalue weighted by Crippen LogP contribution is 2.14. The molecular weight excluding hydrogens is 390 g/mol. The predicted molar refractivity (Wildman–Crippen MR) is 112 cm³/mol. The summed E-state index contributed by atoms with van der Waals surface area (Å²) in [4.78, 5) is 23.8. The SMILES string of the molecule is Cc1cc(C)nc(N[C@H](Cc2ccccc2)C(=O)N2CCN(S(C)(=O)=O)CC2)n1. The average molecular weight is 418 g/mol. The van der Waals surface area contributed by atoms with Gasteiger partial charge in [0.05, 0.1) is 6.26 Å². The third-order valence-electron chi connectivity index (χ3n) is 4.89. The number of carbonyl (C=O) groups is 1. The van der Waals surface area contributed by atoms with Crippen molar-refractivity contribution in [1.82, 2.24) is 19.2 Å². The molecule has 1 aromatic heterocycles. The number of amides is 1. The molecule has 0 bridgehead atoms. The number of aryl methyl sites for hydroxylation is 2. The van der Waals surface area contributed by atoms with Gasteiger partial charge >= 0.3 is 0 Å². The Labute approximate surface area is 172 Å². The molecule has 2 aromatic rings. The highest BCUT2D eigenvalue weighted by atomic mass is 32.2. The zero-order valence-electron chi connectivity index (χ0n) is 17.0. The minimum atomic E-state index is -3.24. The summed E-state index contributed by atoms with van der Waals surface area (Å²) in [5.41, 5.74) is 2.68. The molecule has 29 heavy (non-hydrogen) atoms.